The van der Waals surface area contributed by atoms with Crippen LogP contribution in [-0.2, 0) is 16.6 Å². The number of hydrogen-bond acceptors (Lipinski definition) is 9. The maximum atomic E-state index is 13.8. The average Bonchev–Trinajstić information content (AvgIpc) is 3.35. The molecule has 2 N–H and O–H groups in total. The van der Waals surface area contributed by atoms with Crippen molar-refractivity contribution >= 4 is 33.2 Å². The molecule has 0 saturated carbocycles. The van der Waals surface area contributed by atoms with E-state index in [2.05, 4.69) is 30.7 Å². The molecule has 10 nitrogen and oxygen atoms in total. The number of aromatic nitrogens is 3. The molecule has 1 fully saturated rings. The van der Waals surface area contributed by atoms with Gasteiger partial charge >= 0.3 is 0 Å². The Labute approximate surface area is 231 Å². The Morgan fingerprint density at radius 3 is 2.40 bits per heavy atom. The summed E-state index contributed by atoms with van der Waals surface area (Å²) in [5.41, 5.74) is 1.46. The maximum Gasteiger partial charge on any atom is 0.243 e. The molecule has 40 heavy (non-hydrogen) atoms. The molecule has 13 heteroatoms. The summed E-state index contributed by atoms with van der Waals surface area (Å²) in [6, 6.07) is 13.0. The van der Waals surface area contributed by atoms with Crippen LogP contribution in [0.2, 0.25) is 0 Å². The molecule has 1 saturated heterocycles. The summed E-state index contributed by atoms with van der Waals surface area (Å²) in [6.45, 7) is 3.51. The first kappa shape index (κ1) is 27.6. The van der Waals surface area contributed by atoms with E-state index >= 15 is 0 Å². The van der Waals surface area contributed by atoms with Crippen LogP contribution in [0.5, 0.6) is 0 Å². The minimum atomic E-state index is -3.84. The number of piperidine rings is 1. The fraction of sp³-hybridized carbons (Fsp3) is 0.296. The van der Waals surface area contributed by atoms with Crippen molar-refractivity contribution in [3.63, 3.8) is 0 Å². The minimum Gasteiger partial charge on any atom is -0.361 e. The predicted octanol–water partition coefficient (Wildman–Crippen LogP) is 4.82. The van der Waals surface area contributed by atoms with Gasteiger partial charge in [0.1, 0.15) is 11.6 Å². The van der Waals surface area contributed by atoms with Crippen LogP contribution in [-0.4, -0.2) is 58.9 Å². The van der Waals surface area contributed by atoms with Crippen LogP contribution < -0.4 is 10.6 Å². The smallest absolute Gasteiger partial charge is 0.243 e. The zero-order valence-electron chi connectivity index (χ0n) is 22.0. The Kier molecular flexibility index (Phi) is 8.05. The number of likely N-dealkylation sites (tertiary alicyclic amines) is 1. The normalized spacial score (nSPS) is 14.9. The first-order valence-electron chi connectivity index (χ1n) is 12.7. The lowest BCUT2D eigenvalue weighted by Gasteiger charge is -2.36. The monoisotopic (exact) mass is 569 g/mol. The highest BCUT2D eigenvalue weighted by Gasteiger charge is 2.34. The van der Waals surface area contributed by atoms with Gasteiger partial charge in [-0.05, 0) is 82.4 Å². The molecule has 2 aromatic carbocycles. The topological polar surface area (TPSA) is 116 Å². The quantitative estimate of drug-likeness (QED) is 0.293. The third-order valence-corrected chi connectivity index (χ3v) is 8.57. The van der Waals surface area contributed by atoms with E-state index in [0.717, 1.165) is 38.1 Å². The Balaban J connectivity index is 1.32. The van der Waals surface area contributed by atoms with Crippen LogP contribution >= 0.6 is 0 Å². The number of anilines is 4. The van der Waals surface area contributed by atoms with Crippen LogP contribution in [0, 0.1) is 18.6 Å². The van der Waals surface area contributed by atoms with Crippen molar-refractivity contribution in [3.8, 4) is 0 Å². The fourth-order valence-electron chi connectivity index (χ4n) is 4.53. The van der Waals surface area contributed by atoms with Crippen LogP contribution in [0.4, 0.5) is 31.9 Å². The molecule has 3 heterocycles. The fourth-order valence-corrected chi connectivity index (χ4v) is 6.19. The second-order valence-electron chi connectivity index (χ2n) is 9.68. The minimum absolute atomic E-state index is 0.125. The van der Waals surface area contributed by atoms with Gasteiger partial charge in [-0.15, -0.1) is 0 Å². The highest BCUT2D eigenvalue weighted by Crippen LogP contribution is 2.28. The summed E-state index contributed by atoms with van der Waals surface area (Å²) in [5.74, 6) is -0.698. The molecular formula is C27H29F2N7O3S. The zero-order valence-corrected chi connectivity index (χ0v) is 22.8. The van der Waals surface area contributed by atoms with Crippen molar-refractivity contribution in [3.05, 3.63) is 83.9 Å². The molecule has 210 valence electrons. The van der Waals surface area contributed by atoms with Crippen molar-refractivity contribution in [2.24, 2.45) is 0 Å². The SMILES string of the molecule is Cc1cc(CN(C2CCN(C)CC2)S(=O)(=O)c2ccc(Nc3nccc(Nc4ccc(F)c(F)c4)n3)cc2)no1. The van der Waals surface area contributed by atoms with Crippen LogP contribution in [0.25, 0.3) is 0 Å². The van der Waals surface area contributed by atoms with E-state index < -0.39 is 21.7 Å². The highest BCUT2D eigenvalue weighted by atomic mass is 32.2. The van der Waals surface area contributed by atoms with Gasteiger partial charge in [0.25, 0.3) is 0 Å². The summed E-state index contributed by atoms with van der Waals surface area (Å²) in [6.07, 6.45) is 2.94. The highest BCUT2D eigenvalue weighted by molar-refractivity contribution is 7.89. The van der Waals surface area contributed by atoms with Gasteiger partial charge in [0.2, 0.25) is 16.0 Å². The van der Waals surface area contributed by atoms with Crippen LogP contribution in [0.3, 0.4) is 0 Å². The maximum absolute atomic E-state index is 13.8. The molecule has 1 aliphatic rings. The standard InChI is InChI=1S/C27H29F2N7O3S/c1-18-15-21(34-39-18)17-36(22-10-13-35(2)14-11-22)40(37,38)23-6-3-19(4-7-23)32-27-30-12-9-26(33-27)31-20-5-8-24(28)25(29)16-20/h3-9,12,15-16,22H,10-11,13-14,17H2,1-2H3,(H2,30,31,32,33). The Morgan fingerprint density at radius 1 is 1.00 bits per heavy atom. The van der Waals surface area contributed by atoms with Gasteiger partial charge in [0, 0.05) is 35.7 Å². The molecule has 0 bridgehead atoms. The van der Waals surface area contributed by atoms with E-state index in [1.165, 1.54) is 28.7 Å². The van der Waals surface area contributed by atoms with E-state index in [1.807, 2.05) is 7.05 Å². The molecule has 0 spiro atoms. The largest absolute Gasteiger partial charge is 0.361 e. The van der Waals surface area contributed by atoms with Crippen LogP contribution in [0.1, 0.15) is 24.3 Å². The molecule has 0 radical (unpaired) electrons. The Hall–Kier alpha value is -3.94. The number of nitrogens with zero attached hydrogens (tertiary/aromatic N) is 5. The van der Waals surface area contributed by atoms with E-state index in [0.29, 0.717) is 28.6 Å². The molecular weight excluding hydrogens is 540 g/mol. The van der Waals surface area contributed by atoms with Crippen LogP contribution in [0.15, 0.2) is 70.2 Å². The van der Waals surface area contributed by atoms with Gasteiger partial charge in [-0.3, -0.25) is 0 Å². The van der Waals surface area contributed by atoms with Gasteiger partial charge in [-0.25, -0.2) is 22.2 Å². The number of hydrogen-bond donors (Lipinski definition) is 2. The average molecular weight is 570 g/mol. The summed E-state index contributed by atoms with van der Waals surface area (Å²) in [7, 11) is -1.81. The number of benzene rings is 2. The number of nitrogens with one attached hydrogen (secondary N) is 2. The second-order valence-corrected chi connectivity index (χ2v) is 11.6. The van der Waals surface area contributed by atoms with Crippen molar-refractivity contribution in [2.75, 3.05) is 30.8 Å². The lowest BCUT2D eigenvalue weighted by molar-refractivity contribution is 0.177. The third-order valence-electron chi connectivity index (χ3n) is 6.65. The summed E-state index contributed by atoms with van der Waals surface area (Å²) >= 11 is 0. The number of rotatable bonds is 9. The Morgan fingerprint density at radius 2 is 1.73 bits per heavy atom. The number of halogens is 2. The van der Waals surface area contributed by atoms with Crippen molar-refractivity contribution < 1.29 is 21.7 Å². The summed E-state index contributed by atoms with van der Waals surface area (Å²) in [4.78, 5) is 10.9. The molecule has 0 unspecified atom stereocenters. The zero-order chi connectivity index (χ0) is 28.3. The van der Waals surface area contributed by atoms with Gasteiger partial charge in [0.15, 0.2) is 11.6 Å². The number of aryl methyl sites for hydroxylation is 1. The van der Waals surface area contributed by atoms with Gasteiger partial charge < -0.3 is 20.1 Å². The first-order valence-corrected chi connectivity index (χ1v) is 14.2. The van der Waals surface area contributed by atoms with E-state index in [9.17, 15) is 17.2 Å². The molecule has 0 amide bonds. The van der Waals surface area contributed by atoms with Crippen molar-refractivity contribution in [2.45, 2.75) is 37.2 Å². The first-order chi connectivity index (χ1) is 19.2. The predicted molar refractivity (Wildman–Crippen MR) is 146 cm³/mol. The molecule has 0 aliphatic carbocycles. The van der Waals surface area contributed by atoms with Gasteiger partial charge in [-0.2, -0.15) is 9.29 Å². The summed E-state index contributed by atoms with van der Waals surface area (Å²) in [5, 5.41) is 9.95. The number of sulfonamides is 1. The summed E-state index contributed by atoms with van der Waals surface area (Å²) < 4.78 is 61.1. The second kappa shape index (κ2) is 11.7. The lowest BCUT2D eigenvalue weighted by atomic mass is 10.1. The molecule has 5 rings (SSSR count). The Bertz CT molecular complexity index is 1570. The molecule has 0 atom stereocenters. The van der Waals surface area contributed by atoms with E-state index in [4.69, 9.17) is 4.52 Å². The van der Waals surface area contributed by atoms with E-state index in [1.54, 1.807) is 31.2 Å². The van der Waals surface area contributed by atoms with E-state index in [-0.39, 0.29) is 23.4 Å². The van der Waals surface area contributed by atoms with Gasteiger partial charge in [0.05, 0.1) is 17.1 Å². The molecule has 2 aromatic heterocycles. The molecule has 1 aliphatic heterocycles. The third kappa shape index (κ3) is 6.43. The lowest BCUT2D eigenvalue weighted by Crippen LogP contribution is -2.46. The van der Waals surface area contributed by atoms with Crippen molar-refractivity contribution in [1.29, 1.82) is 0 Å². The van der Waals surface area contributed by atoms with Gasteiger partial charge in [-0.1, -0.05) is 5.16 Å². The van der Waals surface area contributed by atoms with Crippen molar-refractivity contribution in [1.82, 2.24) is 24.3 Å². The molecule has 4 aromatic rings.